The van der Waals surface area contributed by atoms with Crippen molar-refractivity contribution in [2.75, 3.05) is 0 Å². The standard InChI is InChI=1S/C19H11NS/c1-2-5-13-12(4-1)7-8-15-14(13)9-10-17-18(15)16-6-3-11-20-19(16)21-17/h1-11H. The molecule has 0 fully saturated rings. The van der Waals surface area contributed by atoms with Crippen molar-refractivity contribution >= 4 is 53.2 Å². The molecule has 0 atom stereocenters. The van der Waals surface area contributed by atoms with Gasteiger partial charge < -0.3 is 0 Å². The second-order valence-corrected chi connectivity index (χ2v) is 6.31. The molecule has 98 valence electrons. The van der Waals surface area contributed by atoms with Gasteiger partial charge in [0.05, 0.1) is 0 Å². The van der Waals surface area contributed by atoms with Crippen LogP contribution in [0.4, 0.5) is 0 Å². The van der Waals surface area contributed by atoms with E-state index in [1.807, 2.05) is 12.3 Å². The molecule has 0 spiro atoms. The normalized spacial score (nSPS) is 11.8. The molecule has 0 saturated heterocycles. The highest BCUT2D eigenvalue weighted by Crippen LogP contribution is 2.39. The fourth-order valence-electron chi connectivity index (χ4n) is 3.20. The predicted octanol–water partition coefficient (Wildman–Crippen LogP) is 5.76. The van der Waals surface area contributed by atoms with Gasteiger partial charge in [0, 0.05) is 21.7 Å². The summed E-state index contributed by atoms with van der Waals surface area (Å²) in [5, 5.41) is 7.86. The van der Waals surface area contributed by atoms with E-state index in [1.165, 1.54) is 37.0 Å². The smallest absolute Gasteiger partial charge is 0.124 e. The van der Waals surface area contributed by atoms with E-state index >= 15 is 0 Å². The van der Waals surface area contributed by atoms with Gasteiger partial charge in [-0.25, -0.2) is 4.98 Å². The van der Waals surface area contributed by atoms with E-state index in [2.05, 4.69) is 59.6 Å². The molecular weight excluding hydrogens is 274 g/mol. The molecule has 2 heteroatoms. The van der Waals surface area contributed by atoms with E-state index in [-0.39, 0.29) is 0 Å². The van der Waals surface area contributed by atoms with Crippen LogP contribution in [0.3, 0.4) is 0 Å². The van der Waals surface area contributed by atoms with Gasteiger partial charge >= 0.3 is 0 Å². The third-order valence-electron chi connectivity index (χ3n) is 4.13. The van der Waals surface area contributed by atoms with Gasteiger partial charge in [-0.15, -0.1) is 11.3 Å². The number of nitrogens with zero attached hydrogens (tertiary/aromatic N) is 1. The summed E-state index contributed by atoms with van der Waals surface area (Å²) in [6.45, 7) is 0. The molecular formula is C19H11NS. The number of hydrogen-bond donors (Lipinski definition) is 0. The molecule has 1 nitrogen and oxygen atoms in total. The van der Waals surface area contributed by atoms with E-state index in [4.69, 9.17) is 0 Å². The molecule has 0 radical (unpaired) electrons. The highest BCUT2D eigenvalue weighted by Gasteiger charge is 2.10. The maximum atomic E-state index is 4.51. The summed E-state index contributed by atoms with van der Waals surface area (Å²) in [7, 11) is 0. The number of aromatic nitrogens is 1. The molecule has 3 aromatic carbocycles. The molecule has 0 aliphatic heterocycles. The third-order valence-corrected chi connectivity index (χ3v) is 5.21. The topological polar surface area (TPSA) is 12.9 Å². The molecule has 0 amide bonds. The highest BCUT2D eigenvalue weighted by molar-refractivity contribution is 7.25. The van der Waals surface area contributed by atoms with Crippen molar-refractivity contribution in [2.24, 2.45) is 0 Å². The fourth-order valence-corrected chi connectivity index (χ4v) is 4.26. The van der Waals surface area contributed by atoms with Crippen molar-refractivity contribution in [1.82, 2.24) is 4.98 Å². The predicted molar refractivity (Wildman–Crippen MR) is 92.1 cm³/mol. The zero-order valence-electron chi connectivity index (χ0n) is 11.2. The first-order valence-corrected chi connectivity index (χ1v) is 7.81. The average molecular weight is 285 g/mol. The van der Waals surface area contributed by atoms with Gasteiger partial charge in [-0.3, -0.25) is 0 Å². The van der Waals surface area contributed by atoms with Crippen LogP contribution in [0.5, 0.6) is 0 Å². The molecule has 5 aromatic rings. The molecule has 2 aromatic heterocycles. The molecule has 2 heterocycles. The first-order chi connectivity index (χ1) is 10.4. The Hall–Kier alpha value is -2.45. The largest absolute Gasteiger partial charge is 0.245 e. The Labute approximate surface area is 125 Å². The summed E-state index contributed by atoms with van der Waals surface area (Å²) in [4.78, 5) is 5.62. The molecule has 21 heavy (non-hydrogen) atoms. The zero-order valence-corrected chi connectivity index (χ0v) is 12.0. The van der Waals surface area contributed by atoms with Gasteiger partial charge in [0.2, 0.25) is 0 Å². The maximum absolute atomic E-state index is 4.51. The van der Waals surface area contributed by atoms with E-state index in [0.29, 0.717) is 0 Å². The van der Waals surface area contributed by atoms with Crippen molar-refractivity contribution in [3.8, 4) is 0 Å². The van der Waals surface area contributed by atoms with Gasteiger partial charge in [0.25, 0.3) is 0 Å². The van der Waals surface area contributed by atoms with Gasteiger partial charge in [-0.2, -0.15) is 0 Å². The minimum Gasteiger partial charge on any atom is -0.245 e. The van der Waals surface area contributed by atoms with Crippen molar-refractivity contribution in [3.05, 3.63) is 66.9 Å². The third kappa shape index (κ3) is 1.48. The van der Waals surface area contributed by atoms with Crippen LogP contribution in [0.2, 0.25) is 0 Å². The van der Waals surface area contributed by atoms with Crippen LogP contribution in [0.25, 0.3) is 41.8 Å². The Kier molecular flexibility index (Phi) is 2.15. The lowest BCUT2D eigenvalue weighted by Crippen LogP contribution is -1.78. The lowest BCUT2D eigenvalue weighted by molar-refractivity contribution is 1.45. The Balaban J connectivity index is 2.11. The average Bonchev–Trinajstić information content (AvgIpc) is 2.93. The number of pyridine rings is 1. The Morgan fingerprint density at radius 3 is 2.52 bits per heavy atom. The van der Waals surface area contributed by atoms with Crippen molar-refractivity contribution in [3.63, 3.8) is 0 Å². The van der Waals surface area contributed by atoms with Gasteiger partial charge in [0.15, 0.2) is 0 Å². The quantitative estimate of drug-likeness (QED) is 0.330. The van der Waals surface area contributed by atoms with Crippen molar-refractivity contribution in [2.45, 2.75) is 0 Å². The number of benzene rings is 3. The molecule has 0 aliphatic rings. The van der Waals surface area contributed by atoms with Crippen LogP contribution < -0.4 is 0 Å². The highest BCUT2D eigenvalue weighted by atomic mass is 32.1. The fraction of sp³-hybridized carbons (Fsp3) is 0. The molecule has 0 N–H and O–H groups in total. The van der Waals surface area contributed by atoms with E-state index in [9.17, 15) is 0 Å². The Morgan fingerprint density at radius 1 is 0.667 bits per heavy atom. The summed E-state index contributed by atoms with van der Waals surface area (Å²) in [5.41, 5.74) is 0. The summed E-state index contributed by atoms with van der Waals surface area (Å²) in [5.74, 6) is 0. The maximum Gasteiger partial charge on any atom is 0.124 e. The minimum absolute atomic E-state index is 1.12. The summed E-state index contributed by atoms with van der Waals surface area (Å²) in [6, 6.07) is 21.7. The SMILES string of the molecule is c1ccc2c(c1)ccc1c2ccc2sc3ncccc3c21. The Bertz CT molecular complexity index is 1140. The second kappa shape index (κ2) is 4.03. The van der Waals surface area contributed by atoms with Crippen LogP contribution in [0.1, 0.15) is 0 Å². The van der Waals surface area contributed by atoms with Crippen LogP contribution in [0, 0.1) is 0 Å². The van der Waals surface area contributed by atoms with Gasteiger partial charge in [0.1, 0.15) is 4.83 Å². The second-order valence-electron chi connectivity index (χ2n) is 5.28. The summed E-state index contributed by atoms with van der Waals surface area (Å²) < 4.78 is 1.31. The van der Waals surface area contributed by atoms with Crippen molar-refractivity contribution in [1.29, 1.82) is 0 Å². The van der Waals surface area contributed by atoms with E-state index < -0.39 is 0 Å². The van der Waals surface area contributed by atoms with Crippen LogP contribution >= 0.6 is 11.3 Å². The summed E-state index contributed by atoms with van der Waals surface area (Å²) in [6.07, 6.45) is 1.87. The van der Waals surface area contributed by atoms with Crippen LogP contribution in [-0.4, -0.2) is 4.98 Å². The van der Waals surface area contributed by atoms with E-state index in [0.717, 1.165) is 4.83 Å². The number of hydrogen-bond acceptors (Lipinski definition) is 2. The zero-order chi connectivity index (χ0) is 13.8. The number of thiophene rings is 1. The molecule has 0 unspecified atom stereocenters. The lowest BCUT2D eigenvalue weighted by atomic mass is 9.99. The number of rotatable bonds is 0. The lowest BCUT2D eigenvalue weighted by Gasteiger charge is -2.05. The van der Waals surface area contributed by atoms with E-state index in [1.54, 1.807) is 11.3 Å². The molecule has 0 aliphatic carbocycles. The van der Waals surface area contributed by atoms with Crippen LogP contribution in [0.15, 0.2) is 66.9 Å². The molecule has 0 bridgehead atoms. The summed E-state index contributed by atoms with van der Waals surface area (Å²) >= 11 is 1.77. The van der Waals surface area contributed by atoms with Crippen molar-refractivity contribution < 1.29 is 0 Å². The van der Waals surface area contributed by atoms with Crippen LogP contribution in [-0.2, 0) is 0 Å². The van der Waals surface area contributed by atoms with Gasteiger partial charge in [-0.05, 0) is 39.7 Å². The monoisotopic (exact) mass is 285 g/mol. The number of fused-ring (bicyclic) bond motifs is 7. The minimum atomic E-state index is 1.12. The first kappa shape index (κ1) is 11.2. The molecule has 5 rings (SSSR count). The van der Waals surface area contributed by atoms with Gasteiger partial charge in [-0.1, -0.05) is 42.5 Å². The first-order valence-electron chi connectivity index (χ1n) is 6.99. The molecule has 0 saturated carbocycles. The Morgan fingerprint density at radius 2 is 1.52 bits per heavy atom.